The number of hydroxylamine groups is 1. The Labute approximate surface area is 108 Å². The van der Waals surface area contributed by atoms with Gasteiger partial charge in [0.2, 0.25) is 0 Å². The predicted octanol–water partition coefficient (Wildman–Crippen LogP) is 3.03. The molecule has 1 aromatic carbocycles. The molecule has 94 valence electrons. The molecule has 0 radical (unpaired) electrons. The molecule has 0 aromatic heterocycles. The van der Waals surface area contributed by atoms with E-state index >= 15 is 0 Å². The molecule has 0 aliphatic heterocycles. The highest BCUT2D eigenvalue weighted by molar-refractivity contribution is 9.10. The van der Waals surface area contributed by atoms with Gasteiger partial charge >= 0.3 is 0 Å². The van der Waals surface area contributed by atoms with Crippen molar-refractivity contribution in [1.82, 2.24) is 5.48 Å². The first-order chi connectivity index (χ1) is 8.00. The zero-order valence-electron chi connectivity index (χ0n) is 9.77. The molecule has 1 rings (SSSR count). The molecule has 0 heterocycles. The quantitative estimate of drug-likeness (QED) is 0.498. The average Bonchev–Trinajstić information content (AvgIpc) is 2.23. The Morgan fingerprint density at radius 1 is 1.53 bits per heavy atom. The van der Waals surface area contributed by atoms with Gasteiger partial charge in [-0.1, -0.05) is 29.8 Å². The van der Waals surface area contributed by atoms with E-state index < -0.39 is 4.92 Å². The number of hydrogen-bond acceptors (Lipinski definition) is 4. The Morgan fingerprint density at radius 2 is 2.24 bits per heavy atom. The van der Waals surface area contributed by atoms with Crippen LogP contribution in [0.5, 0.6) is 0 Å². The summed E-state index contributed by atoms with van der Waals surface area (Å²) >= 11 is 3.29. The smallest absolute Gasteiger partial charge is 0.274 e. The van der Waals surface area contributed by atoms with Crippen molar-refractivity contribution in [2.75, 3.05) is 6.61 Å². The molecular formula is C11H15BrN2O3. The van der Waals surface area contributed by atoms with E-state index in [0.29, 0.717) is 24.6 Å². The SMILES string of the molecule is CC(C)CONCc1cc(Br)ccc1[N+](=O)[O-]. The lowest BCUT2D eigenvalue weighted by molar-refractivity contribution is -0.385. The molecule has 0 spiro atoms. The predicted molar refractivity (Wildman–Crippen MR) is 68.4 cm³/mol. The number of nitro benzene ring substituents is 1. The molecule has 5 nitrogen and oxygen atoms in total. The van der Waals surface area contributed by atoms with E-state index in [1.165, 1.54) is 6.07 Å². The zero-order chi connectivity index (χ0) is 12.8. The molecular weight excluding hydrogens is 288 g/mol. The monoisotopic (exact) mass is 302 g/mol. The van der Waals surface area contributed by atoms with E-state index in [9.17, 15) is 10.1 Å². The van der Waals surface area contributed by atoms with Gasteiger partial charge in [0.1, 0.15) is 0 Å². The van der Waals surface area contributed by atoms with Crippen LogP contribution in [0.1, 0.15) is 19.4 Å². The van der Waals surface area contributed by atoms with Gasteiger partial charge in [-0.2, -0.15) is 5.48 Å². The summed E-state index contributed by atoms with van der Waals surface area (Å²) in [5.74, 6) is 0.417. The summed E-state index contributed by atoms with van der Waals surface area (Å²) in [6.45, 7) is 4.94. The van der Waals surface area contributed by atoms with Crippen molar-refractivity contribution >= 4 is 21.6 Å². The first-order valence-electron chi connectivity index (χ1n) is 5.28. The normalized spacial score (nSPS) is 10.8. The molecule has 0 aliphatic carbocycles. The van der Waals surface area contributed by atoms with Gasteiger partial charge in [0.05, 0.1) is 18.1 Å². The van der Waals surface area contributed by atoms with E-state index in [2.05, 4.69) is 21.4 Å². The van der Waals surface area contributed by atoms with Crippen LogP contribution >= 0.6 is 15.9 Å². The Bertz CT molecular complexity index is 396. The average molecular weight is 303 g/mol. The number of rotatable bonds is 6. The molecule has 0 fully saturated rings. The second kappa shape index (κ2) is 6.68. The largest absolute Gasteiger partial charge is 0.301 e. The topological polar surface area (TPSA) is 64.4 Å². The third kappa shape index (κ3) is 4.80. The fourth-order valence-corrected chi connectivity index (χ4v) is 1.64. The van der Waals surface area contributed by atoms with E-state index in [1.54, 1.807) is 12.1 Å². The molecule has 1 N–H and O–H groups in total. The van der Waals surface area contributed by atoms with Crippen molar-refractivity contribution in [3.8, 4) is 0 Å². The Morgan fingerprint density at radius 3 is 2.82 bits per heavy atom. The molecule has 0 saturated heterocycles. The van der Waals surface area contributed by atoms with Crippen LogP contribution in [0.4, 0.5) is 5.69 Å². The summed E-state index contributed by atoms with van der Waals surface area (Å²) in [6, 6.07) is 4.84. The summed E-state index contributed by atoms with van der Waals surface area (Å²) in [5, 5.41) is 10.8. The van der Waals surface area contributed by atoms with Crippen molar-refractivity contribution in [1.29, 1.82) is 0 Å². The van der Waals surface area contributed by atoms with E-state index in [1.807, 2.05) is 13.8 Å². The van der Waals surface area contributed by atoms with Gasteiger partial charge in [0.25, 0.3) is 5.69 Å². The molecule has 0 atom stereocenters. The van der Waals surface area contributed by atoms with Gasteiger partial charge in [0.15, 0.2) is 0 Å². The summed E-state index contributed by atoms with van der Waals surface area (Å²) in [7, 11) is 0. The third-order valence-electron chi connectivity index (χ3n) is 2.02. The van der Waals surface area contributed by atoms with E-state index in [0.717, 1.165) is 4.47 Å². The fraction of sp³-hybridized carbons (Fsp3) is 0.455. The van der Waals surface area contributed by atoms with E-state index in [-0.39, 0.29) is 5.69 Å². The highest BCUT2D eigenvalue weighted by Gasteiger charge is 2.13. The van der Waals surface area contributed by atoms with Crippen LogP contribution < -0.4 is 5.48 Å². The second-order valence-electron chi connectivity index (χ2n) is 4.06. The van der Waals surface area contributed by atoms with Gasteiger partial charge < -0.3 is 4.84 Å². The highest BCUT2D eigenvalue weighted by Crippen LogP contribution is 2.22. The summed E-state index contributed by atoms with van der Waals surface area (Å²) in [5.41, 5.74) is 3.41. The molecule has 0 aliphatic rings. The molecule has 0 amide bonds. The summed E-state index contributed by atoms with van der Waals surface area (Å²) in [4.78, 5) is 15.6. The molecule has 17 heavy (non-hydrogen) atoms. The van der Waals surface area contributed by atoms with Gasteiger partial charge in [0, 0.05) is 16.1 Å². The van der Waals surface area contributed by atoms with Crippen molar-refractivity contribution in [3.05, 3.63) is 38.3 Å². The summed E-state index contributed by atoms with van der Waals surface area (Å²) in [6.07, 6.45) is 0. The lowest BCUT2D eigenvalue weighted by Gasteiger charge is -2.08. The number of benzene rings is 1. The fourth-order valence-electron chi connectivity index (χ4n) is 1.23. The maximum Gasteiger partial charge on any atom is 0.274 e. The minimum atomic E-state index is -0.397. The Kier molecular flexibility index (Phi) is 5.54. The molecule has 0 unspecified atom stereocenters. The minimum Gasteiger partial charge on any atom is -0.301 e. The first kappa shape index (κ1) is 14.1. The van der Waals surface area contributed by atoms with Gasteiger partial charge in [-0.15, -0.1) is 0 Å². The van der Waals surface area contributed by atoms with Crippen LogP contribution in [0.25, 0.3) is 0 Å². The van der Waals surface area contributed by atoms with E-state index in [4.69, 9.17) is 4.84 Å². The number of nitrogens with zero attached hydrogens (tertiary/aromatic N) is 1. The minimum absolute atomic E-state index is 0.0915. The first-order valence-corrected chi connectivity index (χ1v) is 6.07. The number of nitrogens with one attached hydrogen (secondary N) is 1. The van der Waals surface area contributed by atoms with Crippen LogP contribution in [-0.2, 0) is 11.4 Å². The second-order valence-corrected chi connectivity index (χ2v) is 4.97. The standard InChI is InChI=1S/C11H15BrN2O3/c1-8(2)7-17-13-6-9-5-10(12)3-4-11(9)14(15)16/h3-5,8,13H,6-7H2,1-2H3. The lowest BCUT2D eigenvalue weighted by Crippen LogP contribution is -2.18. The zero-order valence-corrected chi connectivity index (χ0v) is 11.4. The Balaban J connectivity index is 2.62. The van der Waals surface area contributed by atoms with Crippen molar-refractivity contribution in [3.63, 3.8) is 0 Å². The van der Waals surface area contributed by atoms with Crippen LogP contribution in [0.2, 0.25) is 0 Å². The van der Waals surface area contributed by atoms with Gasteiger partial charge in [-0.3, -0.25) is 10.1 Å². The molecule has 6 heteroatoms. The van der Waals surface area contributed by atoms with Crippen LogP contribution in [0.3, 0.4) is 0 Å². The maximum atomic E-state index is 10.8. The maximum absolute atomic E-state index is 10.8. The number of hydrogen-bond donors (Lipinski definition) is 1. The van der Waals surface area contributed by atoms with Crippen molar-refractivity contribution in [2.45, 2.75) is 20.4 Å². The van der Waals surface area contributed by atoms with Gasteiger partial charge in [-0.25, -0.2) is 0 Å². The van der Waals surface area contributed by atoms with Gasteiger partial charge in [-0.05, 0) is 18.1 Å². The number of halogens is 1. The summed E-state index contributed by atoms with van der Waals surface area (Å²) < 4.78 is 0.809. The molecule has 0 saturated carbocycles. The van der Waals surface area contributed by atoms with Crippen LogP contribution in [0, 0.1) is 16.0 Å². The lowest BCUT2D eigenvalue weighted by atomic mass is 10.2. The molecule has 1 aromatic rings. The Hall–Kier alpha value is -0.980. The van der Waals surface area contributed by atoms with Crippen LogP contribution in [0.15, 0.2) is 22.7 Å². The van der Waals surface area contributed by atoms with Crippen molar-refractivity contribution < 1.29 is 9.76 Å². The third-order valence-corrected chi connectivity index (χ3v) is 2.51. The number of nitro groups is 1. The highest BCUT2D eigenvalue weighted by atomic mass is 79.9. The van der Waals surface area contributed by atoms with Crippen molar-refractivity contribution in [2.24, 2.45) is 5.92 Å². The van der Waals surface area contributed by atoms with Crippen LogP contribution in [-0.4, -0.2) is 11.5 Å². The molecule has 0 bridgehead atoms.